The number of nitrogens with zero attached hydrogens (tertiary/aromatic N) is 8. The molecule has 0 atom stereocenters. The molecule has 3 aromatic rings. The van der Waals surface area contributed by atoms with E-state index in [2.05, 4.69) is 47.7 Å². The van der Waals surface area contributed by atoms with Gasteiger partial charge in [-0.3, -0.25) is 0 Å². The van der Waals surface area contributed by atoms with Gasteiger partial charge in [-0.2, -0.15) is 14.6 Å². The minimum atomic E-state index is 0.635. The summed E-state index contributed by atoms with van der Waals surface area (Å²) in [6.45, 7) is 3.80. The number of hydrogen-bond acceptors (Lipinski definition) is 6. The van der Waals surface area contributed by atoms with Crippen molar-refractivity contribution in [2.75, 3.05) is 11.9 Å². The average molecular weight is 326 g/mol. The zero-order valence-electron chi connectivity index (χ0n) is 14.2. The molecule has 3 aromatic heterocycles. The van der Waals surface area contributed by atoms with Crippen LogP contribution >= 0.6 is 0 Å². The third-order valence-electron chi connectivity index (χ3n) is 4.60. The Balaban J connectivity index is 1.66. The highest BCUT2D eigenvalue weighted by molar-refractivity contribution is 5.46. The molecule has 0 aromatic carbocycles. The van der Waals surface area contributed by atoms with E-state index in [1.165, 1.54) is 19.3 Å². The summed E-state index contributed by atoms with van der Waals surface area (Å²) in [5, 5.41) is 13.1. The lowest BCUT2D eigenvalue weighted by Crippen LogP contribution is -2.23. The van der Waals surface area contributed by atoms with Crippen molar-refractivity contribution in [1.82, 2.24) is 34.3 Å². The Morgan fingerprint density at radius 2 is 2.12 bits per heavy atom. The molecule has 8 heteroatoms. The standard InChI is InChI=1S/C16H22N8/c1-3-12-9-15(24-16(19-12)17-11-18-24)22(2)10-14-21-20-13-7-5-4-6-8-23(13)14/h9,11H,3-8,10H2,1-2H3. The van der Waals surface area contributed by atoms with Crippen LogP contribution in [0.4, 0.5) is 5.82 Å². The molecule has 0 fully saturated rings. The minimum Gasteiger partial charge on any atom is -0.352 e. The van der Waals surface area contributed by atoms with Crippen LogP contribution in [0.1, 0.15) is 43.5 Å². The second-order valence-electron chi connectivity index (χ2n) is 6.28. The molecule has 1 aliphatic heterocycles. The minimum absolute atomic E-state index is 0.635. The summed E-state index contributed by atoms with van der Waals surface area (Å²) in [5.41, 5.74) is 1.01. The van der Waals surface area contributed by atoms with Crippen LogP contribution in [-0.4, -0.2) is 41.4 Å². The first kappa shape index (κ1) is 15.0. The van der Waals surface area contributed by atoms with Gasteiger partial charge in [0, 0.05) is 31.8 Å². The van der Waals surface area contributed by atoms with Crippen molar-refractivity contribution in [3.63, 3.8) is 0 Å². The molecule has 126 valence electrons. The normalized spacial score (nSPS) is 14.6. The van der Waals surface area contributed by atoms with Crippen LogP contribution in [0.25, 0.3) is 5.78 Å². The molecule has 0 unspecified atom stereocenters. The zero-order valence-corrected chi connectivity index (χ0v) is 14.2. The number of aryl methyl sites for hydroxylation is 2. The Morgan fingerprint density at radius 3 is 3.00 bits per heavy atom. The van der Waals surface area contributed by atoms with E-state index in [0.29, 0.717) is 12.3 Å². The van der Waals surface area contributed by atoms with Gasteiger partial charge in [-0.1, -0.05) is 13.3 Å². The third kappa shape index (κ3) is 2.61. The molecule has 0 saturated carbocycles. The highest BCUT2D eigenvalue weighted by atomic mass is 15.4. The SMILES string of the molecule is CCc1cc(N(C)Cc2nnc3n2CCCCC3)n2ncnc2n1. The highest BCUT2D eigenvalue weighted by Gasteiger charge is 2.18. The van der Waals surface area contributed by atoms with Gasteiger partial charge in [0.25, 0.3) is 5.78 Å². The van der Waals surface area contributed by atoms with Crippen molar-refractivity contribution in [2.24, 2.45) is 0 Å². The number of aromatic nitrogens is 7. The molecule has 0 saturated heterocycles. The molecule has 0 radical (unpaired) electrons. The molecule has 24 heavy (non-hydrogen) atoms. The Kier molecular flexibility index (Phi) is 3.87. The largest absolute Gasteiger partial charge is 0.352 e. The van der Waals surface area contributed by atoms with Crippen LogP contribution in [0.15, 0.2) is 12.4 Å². The number of fused-ring (bicyclic) bond motifs is 2. The molecule has 8 nitrogen and oxygen atoms in total. The van der Waals surface area contributed by atoms with Gasteiger partial charge >= 0.3 is 0 Å². The molecular weight excluding hydrogens is 304 g/mol. The van der Waals surface area contributed by atoms with E-state index >= 15 is 0 Å². The summed E-state index contributed by atoms with van der Waals surface area (Å²) in [5.74, 6) is 3.74. The predicted molar refractivity (Wildman–Crippen MR) is 89.8 cm³/mol. The van der Waals surface area contributed by atoms with E-state index in [1.807, 2.05) is 7.05 Å². The first-order chi connectivity index (χ1) is 11.8. The van der Waals surface area contributed by atoms with Crippen molar-refractivity contribution < 1.29 is 0 Å². The number of rotatable bonds is 4. The third-order valence-corrected chi connectivity index (χ3v) is 4.60. The predicted octanol–water partition coefficient (Wildman–Crippen LogP) is 1.64. The molecule has 4 rings (SSSR count). The van der Waals surface area contributed by atoms with Crippen LogP contribution in [0.3, 0.4) is 0 Å². The maximum Gasteiger partial charge on any atom is 0.254 e. The van der Waals surface area contributed by atoms with Crippen molar-refractivity contribution in [1.29, 1.82) is 0 Å². The topological polar surface area (TPSA) is 77.0 Å². The van der Waals surface area contributed by atoms with Gasteiger partial charge in [-0.05, 0) is 19.3 Å². The van der Waals surface area contributed by atoms with Crippen LogP contribution in [0, 0.1) is 0 Å². The van der Waals surface area contributed by atoms with Gasteiger partial charge < -0.3 is 9.47 Å². The Bertz CT molecular complexity index is 849. The van der Waals surface area contributed by atoms with Crippen LogP contribution < -0.4 is 4.90 Å². The van der Waals surface area contributed by atoms with Crippen molar-refractivity contribution >= 4 is 11.6 Å². The Morgan fingerprint density at radius 1 is 1.21 bits per heavy atom. The smallest absolute Gasteiger partial charge is 0.254 e. The molecule has 0 aliphatic carbocycles. The summed E-state index contributed by atoms with van der Waals surface area (Å²) in [6, 6.07) is 2.07. The van der Waals surface area contributed by atoms with Crippen molar-refractivity contribution in [3.8, 4) is 0 Å². The molecule has 1 aliphatic rings. The summed E-state index contributed by atoms with van der Waals surface area (Å²) >= 11 is 0. The molecular formula is C16H22N8. The lowest BCUT2D eigenvalue weighted by atomic mass is 10.2. The molecule has 0 bridgehead atoms. The van der Waals surface area contributed by atoms with Gasteiger partial charge in [-0.15, -0.1) is 10.2 Å². The van der Waals surface area contributed by atoms with E-state index in [4.69, 9.17) is 0 Å². The average Bonchev–Trinajstić information content (AvgIpc) is 3.14. The van der Waals surface area contributed by atoms with E-state index in [0.717, 1.165) is 42.5 Å². The Hall–Kier alpha value is -2.51. The lowest BCUT2D eigenvalue weighted by Gasteiger charge is -2.20. The van der Waals surface area contributed by atoms with Crippen LogP contribution in [-0.2, 0) is 25.9 Å². The quantitative estimate of drug-likeness (QED) is 0.725. The van der Waals surface area contributed by atoms with E-state index in [9.17, 15) is 0 Å². The van der Waals surface area contributed by atoms with Crippen molar-refractivity contribution in [2.45, 2.75) is 52.1 Å². The fraction of sp³-hybridized carbons (Fsp3) is 0.562. The van der Waals surface area contributed by atoms with Gasteiger partial charge in [-0.25, -0.2) is 4.98 Å². The van der Waals surface area contributed by atoms with Gasteiger partial charge in [0.2, 0.25) is 0 Å². The van der Waals surface area contributed by atoms with E-state index in [-0.39, 0.29) is 0 Å². The fourth-order valence-electron chi connectivity index (χ4n) is 3.25. The molecule has 0 spiro atoms. The van der Waals surface area contributed by atoms with Gasteiger partial charge in [0.05, 0.1) is 6.54 Å². The van der Waals surface area contributed by atoms with Crippen molar-refractivity contribution in [3.05, 3.63) is 29.7 Å². The number of hydrogen-bond donors (Lipinski definition) is 0. The highest BCUT2D eigenvalue weighted by Crippen LogP contribution is 2.19. The summed E-state index contributed by atoms with van der Waals surface area (Å²) in [7, 11) is 2.05. The summed E-state index contributed by atoms with van der Waals surface area (Å²) < 4.78 is 4.06. The second kappa shape index (κ2) is 6.18. The maximum absolute atomic E-state index is 4.51. The second-order valence-corrected chi connectivity index (χ2v) is 6.28. The molecule has 0 amide bonds. The first-order valence-corrected chi connectivity index (χ1v) is 8.58. The monoisotopic (exact) mass is 326 g/mol. The number of anilines is 1. The zero-order chi connectivity index (χ0) is 16.5. The Labute approximate surface area is 140 Å². The molecule has 4 heterocycles. The maximum atomic E-state index is 4.51. The van der Waals surface area contributed by atoms with E-state index in [1.54, 1.807) is 10.8 Å². The van der Waals surface area contributed by atoms with Gasteiger partial charge in [0.1, 0.15) is 18.0 Å². The van der Waals surface area contributed by atoms with E-state index < -0.39 is 0 Å². The van der Waals surface area contributed by atoms with Crippen LogP contribution in [0.5, 0.6) is 0 Å². The van der Waals surface area contributed by atoms with Gasteiger partial charge in [0.15, 0.2) is 5.82 Å². The fourth-order valence-corrected chi connectivity index (χ4v) is 3.25. The summed E-state index contributed by atoms with van der Waals surface area (Å²) in [6.07, 6.45) is 7.11. The summed E-state index contributed by atoms with van der Waals surface area (Å²) in [4.78, 5) is 10.9. The lowest BCUT2D eigenvalue weighted by molar-refractivity contribution is 0.600. The first-order valence-electron chi connectivity index (χ1n) is 8.58. The van der Waals surface area contributed by atoms with Crippen LogP contribution in [0.2, 0.25) is 0 Å². The molecule has 0 N–H and O–H groups in total.